The minimum atomic E-state index is -0.501. The van der Waals surface area contributed by atoms with E-state index in [0.29, 0.717) is 0 Å². The maximum atomic E-state index is 11.5. The number of hydrazine groups is 1. The molecule has 2 N–H and O–H groups in total. The molecule has 5 heteroatoms. The van der Waals surface area contributed by atoms with Gasteiger partial charge < -0.3 is 9.84 Å². The molecule has 1 amide bonds. The summed E-state index contributed by atoms with van der Waals surface area (Å²) in [7, 11) is 1.75. The maximum Gasteiger partial charge on any atom is 0.422 e. The molecule has 0 aliphatic heterocycles. The van der Waals surface area contributed by atoms with Gasteiger partial charge in [0, 0.05) is 7.05 Å². The summed E-state index contributed by atoms with van der Waals surface area (Å²) in [4.78, 5) is 11.5. The van der Waals surface area contributed by atoms with Crippen molar-refractivity contribution in [2.75, 3.05) is 7.05 Å². The summed E-state index contributed by atoms with van der Waals surface area (Å²) in [5.41, 5.74) is 2.12. The van der Waals surface area contributed by atoms with Gasteiger partial charge in [0.2, 0.25) is 0 Å². The van der Waals surface area contributed by atoms with Gasteiger partial charge in [-0.2, -0.15) is 0 Å². The lowest BCUT2D eigenvalue weighted by molar-refractivity contribution is 0.0151. The van der Waals surface area contributed by atoms with Crippen LogP contribution in [0.15, 0.2) is 0 Å². The molecule has 0 aromatic rings. The molecule has 0 saturated heterocycles. The third-order valence-electron chi connectivity index (χ3n) is 2.61. The van der Waals surface area contributed by atoms with Crippen LogP contribution in [0.4, 0.5) is 4.79 Å². The molecule has 94 valence electrons. The fraction of sp³-hybridized carbons (Fsp3) is 0.909. The molecule has 1 aliphatic rings. The number of nitrogens with zero attached hydrogens (tertiary/aromatic N) is 1. The summed E-state index contributed by atoms with van der Waals surface area (Å²) in [5.74, 6) is 0. The molecule has 16 heavy (non-hydrogen) atoms. The van der Waals surface area contributed by atoms with E-state index < -0.39 is 11.7 Å². The van der Waals surface area contributed by atoms with Gasteiger partial charge in [-0.3, -0.25) is 5.43 Å². The number of carbonyl (C=O) groups is 1. The zero-order valence-electron chi connectivity index (χ0n) is 10.5. The van der Waals surface area contributed by atoms with Crippen LogP contribution in [0.1, 0.15) is 40.0 Å². The highest BCUT2D eigenvalue weighted by atomic mass is 16.6. The van der Waals surface area contributed by atoms with Crippen molar-refractivity contribution < 1.29 is 14.6 Å². The first kappa shape index (κ1) is 13.3. The normalized spacial score (nSPS) is 25.9. The van der Waals surface area contributed by atoms with Crippen molar-refractivity contribution in [2.45, 2.75) is 57.8 Å². The Morgan fingerprint density at radius 2 is 2.06 bits per heavy atom. The van der Waals surface area contributed by atoms with Crippen LogP contribution < -0.4 is 5.43 Å². The monoisotopic (exact) mass is 230 g/mol. The van der Waals surface area contributed by atoms with Gasteiger partial charge in [0.05, 0.1) is 12.1 Å². The SMILES string of the molecule is CN(NC(=O)OC(C)(C)C)[C@@H]1CCC[C@H]1O. The average molecular weight is 230 g/mol. The molecule has 0 radical (unpaired) electrons. The largest absolute Gasteiger partial charge is 0.443 e. The zero-order valence-corrected chi connectivity index (χ0v) is 10.5. The Labute approximate surface area is 96.7 Å². The molecule has 0 heterocycles. The van der Waals surface area contributed by atoms with Crippen molar-refractivity contribution in [1.82, 2.24) is 10.4 Å². The molecule has 1 fully saturated rings. The summed E-state index contributed by atoms with van der Waals surface area (Å²) in [6, 6.07) is -0.00693. The molecule has 1 aliphatic carbocycles. The lowest BCUT2D eigenvalue weighted by Crippen LogP contribution is -2.50. The Balaban J connectivity index is 2.39. The molecular formula is C11H22N2O3. The first-order chi connectivity index (χ1) is 7.29. The van der Waals surface area contributed by atoms with E-state index >= 15 is 0 Å². The molecular weight excluding hydrogens is 208 g/mol. The number of rotatable bonds is 2. The van der Waals surface area contributed by atoms with Crippen LogP contribution in [0, 0.1) is 0 Å². The fourth-order valence-corrected chi connectivity index (χ4v) is 1.90. The standard InChI is InChI=1S/C11H22N2O3/c1-11(2,3)16-10(15)12-13(4)8-6-5-7-9(8)14/h8-9,14H,5-7H2,1-4H3,(H,12,15)/t8-,9-/m1/s1. The Kier molecular flexibility index (Phi) is 4.15. The summed E-state index contributed by atoms with van der Waals surface area (Å²) < 4.78 is 5.13. The summed E-state index contributed by atoms with van der Waals surface area (Å²) in [6.45, 7) is 5.45. The number of amides is 1. The quantitative estimate of drug-likeness (QED) is 0.701. The van der Waals surface area contributed by atoms with Crippen molar-refractivity contribution in [3.8, 4) is 0 Å². The van der Waals surface area contributed by atoms with Crippen molar-refractivity contribution in [1.29, 1.82) is 0 Å². The fourth-order valence-electron chi connectivity index (χ4n) is 1.90. The van der Waals surface area contributed by atoms with Gasteiger partial charge in [-0.05, 0) is 40.0 Å². The Bertz CT molecular complexity index is 250. The minimum Gasteiger partial charge on any atom is -0.443 e. The second-order valence-corrected chi connectivity index (χ2v) is 5.29. The first-order valence-electron chi connectivity index (χ1n) is 5.70. The van der Waals surface area contributed by atoms with E-state index in [1.807, 2.05) is 20.8 Å². The number of aliphatic hydroxyl groups is 1. The molecule has 0 unspecified atom stereocenters. The summed E-state index contributed by atoms with van der Waals surface area (Å²) in [5, 5.41) is 11.3. The second-order valence-electron chi connectivity index (χ2n) is 5.29. The van der Waals surface area contributed by atoms with E-state index in [1.54, 1.807) is 12.1 Å². The molecule has 1 saturated carbocycles. The predicted octanol–water partition coefficient (Wildman–Crippen LogP) is 1.27. The molecule has 1 rings (SSSR count). The van der Waals surface area contributed by atoms with E-state index in [2.05, 4.69) is 5.43 Å². The predicted molar refractivity (Wildman–Crippen MR) is 60.8 cm³/mol. The van der Waals surface area contributed by atoms with Crippen molar-refractivity contribution in [3.63, 3.8) is 0 Å². The molecule has 0 bridgehead atoms. The van der Waals surface area contributed by atoms with E-state index in [0.717, 1.165) is 19.3 Å². The van der Waals surface area contributed by atoms with E-state index in [1.165, 1.54) is 0 Å². The Hall–Kier alpha value is -0.810. The van der Waals surface area contributed by atoms with Crippen molar-refractivity contribution in [3.05, 3.63) is 0 Å². The van der Waals surface area contributed by atoms with Gasteiger partial charge in [0.1, 0.15) is 5.60 Å². The number of likely N-dealkylation sites (N-methyl/N-ethyl adjacent to an activating group) is 1. The third kappa shape index (κ3) is 3.98. The van der Waals surface area contributed by atoms with Crippen LogP contribution in [-0.4, -0.2) is 41.0 Å². The number of hydrogen-bond donors (Lipinski definition) is 2. The first-order valence-corrected chi connectivity index (χ1v) is 5.70. The van der Waals surface area contributed by atoms with Gasteiger partial charge in [-0.1, -0.05) is 0 Å². The van der Waals surface area contributed by atoms with Gasteiger partial charge in [-0.25, -0.2) is 9.80 Å². The van der Waals surface area contributed by atoms with Crippen LogP contribution in [0.25, 0.3) is 0 Å². The number of carbonyl (C=O) groups excluding carboxylic acids is 1. The van der Waals surface area contributed by atoms with Crippen LogP contribution >= 0.6 is 0 Å². The smallest absolute Gasteiger partial charge is 0.422 e. The molecule has 5 nitrogen and oxygen atoms in total. The maximum absolute atomic E-state index is 11.5. The number of hydrogen-bond acceptors (Lipinski definition) is 4. The van der Waals surface area contributed by atoms with Gasteiger partial charge in [-0.15, -0.1) is 0 Å². The second kappa shape index (κ2) is 5.01. The summed E-state index contributed by atoms with van der Waals surface area (Å²) in [6.07, 6.45) is 1.85. The van der Waals surface area contributed by atoms with Crippen LogP contribution in [0.2, 0.25) is 0 Å². The Morgan fingerprint density at radius 3 is 2.50 bits per heavy atom. The van der Waals surface area contributed by atoms with Crippen LogP contribution in [-0.2, 0) is 4.74 Å². The third-order valence-corrected chi connectivity index (χ3v) is 2.61. The highest BCUT2D eigenvalue weighted by Gasteiger charge is 2.30. The summed E-state index contributed by atoms with van der Waals surface area (Å²) >= 11 is 0. The zero-order chi connectivity index (χ0) is 12.3. The number of aliphatic hydroxyl groups excluding tert-OH is 1. The van der Waals surface area contributed by atoms with Gasteiger partial charge >= 0.3 is 6.09 Å². The van der Waals surface area contributed by atoms with Crippen LogP contribution in [0.3, 0.4) is 0 Å². The van der Waals surface area contributed by atoms with E-state index in [9.17, 15) is 9.90 Å². The highest BCUT2D eigenvalue weighted by molar-refractivity contribution is 5.67. The van der Waals surface area contributed by atoms with Gasteiger partial charge in [0.15, 0.2) is 0 Å². The number of ether oxygens (including phenoxy) is 1. The van der Waals surface area contributed by atoms with Gasteiger partial charge in [0.25, 0.3) is 0 Å². The number of nitrogens with one attached hydrogen (secondary N) is 1. The molecule has 0 spiro atoms. The van der Waals surface area contributed by atoms with Crippen molar-refractivity contribution in [2.24, 2.45) is 0 Å². The van der Waals surface area contributed by atoms with E-state index in [-0.39, 0.29) is 12.1 Å². The Morgan fingerprint density at radius 1 is 1.44 bits per heavy atom. The minimum absolute atomic E-state index is 0.00693. The topological polar surface area (TPSA) is 61.8 Å². The van der Waals surface area contributed by atoms with E-state index in [4.69, 9.17) is 4.74 Å². The average Bonchev–Trinajstić information content (AvgIpc) is 2.47. The lowest BCUT2D eigenvalue weighted by atomic mass is 10.2. The molecule has 0 aromatic heterocycles. The van der Waals surface area contributed by atoms with Crippen molar-refractivity contribution >= 4 is 6.09 Å². The lowest BCUT2D eigenvalue weighted by Gasteiger charge is -2.28. The van der Waals surface area contributed by atoms with Crippen LogP contribution in [0.5, 0.6) is 0 Å². The highest BCUT2D eigenvalue weighted by Crippen LogP contribution is 2.22. The molecule has 2 atom stereocenters. The molecule has 0 aromatic carbocycles.